The molecule has 2 aromatic rings. The molecule has 0 N–H and O–H groups in total. The molecule has 122 valence electrons. The van der Waals surface area contributed by atoms with Crippen molar-refractivity contribution in [3.05, 3.63) is 58.4 Å². The molecule has 0 spiro atoms. The Morgan fingerprint density at radius 2 is 2.12 bits per heavy atom. The number of ether oxygens (including phenoxy) is 1. The third-order valence-electron chi connectivity index (χ3n) is 4.31. The Morgan fingerprint density at radius 1 is 1.29 bits per heavy atom. The predicted octanol–water partition coefficient (Wildman–Crippen LogP) is 2.85. The van der Waals surface area contributed by atoms with Crippen molar-refractivity contribution >= 4 is 17.3 Å². The molecule has 0 unspecified atom stereocenters. The Labute approximate surface area is 144 Å². The van der Waals surface area contributed by atoms with E-state index in [2.05, 4.69) is 28.1 Å². The maximum atomic E-state index is 11.5. The van der Waals surface area contributed by atoms with Crippen LogP contribution in [0.2, 0.25) is 0 Å². The molecule has 3 heterocycles. The maximum absolute atomic E-state index is 11.5. The highest BCUT2D eigenvalue weighted by atomic mass is 32.1. The Bertz CT molecular complexity index is 811. The van der Waals surface area contributed by atoms with E-state index in [1.807, 2.05) is 6.07 Å². The highest BCUT2D eigenvalue weighted by Crippen LogP contribution is 2.30. The zero-order valence-corrected chi connectivity index (χ0v) is 14.2. The van der Waals surface area contributed by atoms with Crippen molar-refractivity contribution in [3.63, 3.8) is 0 Å². The van der Waals surface area contributed by atoms with Gasteiger partial charge in [-0.3, -0.25) is 4.98 Å². The van der Waals surface area contributed by atoms with Crippen molar-refractivity contribution in [1.29, 1.82) is 0 Å². The summed E-state index contributed by atoms with van der Waals surface area (Å²) in [5.74, 6) is -0.372. The van der Waals surface area contributed by atoms with Gasteiger partial charge in [-0.1, -0.05) is 6.08 Å². The molecular weight excluding hydrogens is 322 g/mol. The van der Waals surface area contributed by atoms with Crippen LogP contribution in [-0.2, 0) is 17.6 Å². The highest BCUT2D eigenvalue weighted by Gasteiger charge is 2.20. The van der Waals surface area contributed by atoms with Gasteiger partial charge in [0.15, 0.2) is 0 Å². The number of esters is 1. The number of nitrogens with zero attached hydrogens (tertiary/aromatic N) is 3. The van der Waals surface area contributed by atoms with Gasteiger partial charge in [-0.15, -0.1) is 11.3 Å². The lowest BCUT2D eigenvalue weighted by molar-refractivity contribution is 0.0600. The molecule has 1 aliphatic heterocycles. The van der Waals surface area contributed by atoms with Gasteiger partial charge in [0.25, 0.3) is 0 Å². The highest BCUT2D eigenvalue weighted by molar-refractivity contribution is 7.15. The summed E-state index contributed by atoms with van der Waals surface area (Å²) >= 11 is 1.71. The van der Waals surface area contributed by atoms with Crippen molar-refractivity contribution < 1.29 is 9.53 Å². The second-order valence-electron chi connectivity index (χ2n) is 5.75. The van der Waals surface area contributed by atoms with Gasteiger partial charge < -0.3 is 9.64 Å². The number of carbonyl (C=O) groups is 1. The van der Waals surface area contributed by atoms with Gasteiger partial charge >= 0.3 is 5.97 Å². The van der Waals surface area contributed by atoms with Crippen LogP contribution in [0.3, 0.4) is 0 Å². The third-order valence-corrected chi connectivity index (χ3v) is 5.49. The topological polar surface area (TPSA) is 55.3 Å². The third kappa shape index (κ3) is 2.73. The second-order valence-corrected chi connectivity index (χ2v) is 6.83. The fraction of sp³-hybridized carbons (Fsp3) is 0.278. The largest absolute Gasteiger partial charge is 0.465 e. The van der Waals surface area contributed by atoms with Gasteiger partial charge in [0, 0.05) is 42.7 Å². The smallest absolute Gasteiger partial charge is 0.339 e. The Kier molecular flexibility index (Phi) is 3.90. The predicted molar refractivity (Wildman–Crippen MR) is 92.9 cm³/mol. The van der Waals surface area contributed by atoms with Crippen molar-refractivity contribution in [2.75, 3.05) is 20.2 Å². The van der Waals surface area contributed by atoms with E-state index < -0.39 is 0 Å². The zero-order chi connectivity index (χ0) is 16.5. The van der Waals surface area contributed by atoms with Crippen LogP contribution in [0.4, 0.5) is 0 Å². The van der Waals surface area contributed by atoms with Crippen LogP contribution < -0.4 is 0 Å². The molecule has 0 bridgehead atoms. The number of rotatable bonds is 3. The lowest BCUT2D eigenvalue weighted by Gasteiger charge is -2.26. The average Bonchev–Trinajstić information content (AvgIpc) is 2.89. The van der Waals surface area contributed by atoms with E-state index in [9.17, 15) is 4.79 Å². The normalized spacial score (nSPS) is 16.0. The second kappa shape index (κ2) is 6.20. The molecule has 2 aliphatic rings. The van der Waals surface area contributed by atoms with Crippen LogP contribution in [0, 0.1) is 0 Å². The van der Waals surface area contributed by atoms with Gasteiger partial charge in [0.2, 0.25) is 0 Å². The fourth-order valence-electron chi connectivity index (χ4n) is 2.88. The molecule has 0 saturated carbocycles. The van der Waals surface area contributed by atoms with Crippen LogP contribution in [0.25, 0.3) is 10.7 Å². The maximum Gasteiger partial charge on any atom is 0.339 e. The fourth-order valence-corrected chi connectivity index (χ4v) is 3.96. The number of methoxy groups -OCH3 is 1. The molecule has 24 heavy (non-hydrogen) atoms. The van der Waals surface area contributed by atoms with Crippen LogP contribution in [0.1, 0.15) is 20.9 Å². The van der Waals surface area contributed by atoms with Crippen molar-refractivity contribution in [3.8, 4) is 10.7 Å². The van der Waals surface area contributed by atoms with E-state index in [4.69, 9.17) is 9.72 Å². The van der Waals surface area contributed by atoms with Crippen LogP contribution in [0.5, 0.6) is 0 Å². The summed E-state index contributed by atoms with van der Waals surface area (Å²) in [6.07, 6.45) is 9.91. The number of pyridine rings is 1. The van der Waals surface area contributed by atoms with E-state index in [0.29, 0.717) is 5.56 Å². The summed E-state index contributed by atoms with van der Waals surface area (Å²) in [5, 5.41) is 0.924. The number of carbonyl (C=O) groups excluding carboxylic acids is 1. The van der Waals surface area contributed by atoms with Crippen molar-refractivity contribution in [2.45, 2.75) is 12.8 Å². The molecule has 0 aromatic carbocycles. The van der Waals surface area contributed by atoms with Gasteiger partial charge in [-0.05, 0) is 24.3 Å². The lowest BCUT2D eigenvalue weighted by Crippen LogP contribution is -2.26. The van der Waals surface area contributed by atoms with Crippen LogP contribution >= 0.6 is 11.3 Å². The van der Waals surface area contributed by atoms with Crippen LogP contribution in [-0.4, -0.2) is 41.0 Å². The molecule has 0 radical (unpaired) electrons. The molecule has 5 nitrogen and oxygen atoms in total. The number of hydrogen-bond acceptors (Lipinski definition) is 6. The average molecular weight is 339 g/mol. The molecule has 1 aliphatic carbocycles. The molecule has 0 amide bonds. The van der Waals surface area contributed by atoms with Crippen molar-refractivity contribution in [1.82, 2.24) is 14.9 Å². The minimum atomic E-state index is -0.372. The van der Waals surface area contributed by atoms with Gasteiger partial charge in [0.1, 0.15) is 5.01 Å². The summed E-state index contributed by atoms with van der Waals surface area (Å²) in [5.41, 5.74) is 3.77. The number of allylic oxidation sites excluding steroid dienone is 3. The lowest BCUT2D eigenvalue weighted by atomic mass is 10.2. The molecule has 0 fully saturated rings. The zero-order valence-electron chi connectivity index (χ0n) is 13.4. The van der Waals surface area contributed by atoms with E-state index in [1.54, 1.807) is 23.6 Å². The molecule has 0 atom stereocenters. The van der Waals surface area contributed by atoms with E-state index in [0.717, 1.165) is 36.6 Å². The summed E-state index contributed by atoms with van der Waals surface area (Å²) in [4.78, 5) is 24.4. The minimum absolute atomic E-state index is 0.372. The quantitative estimate of drug-likeness (QED) is 0.805. The van der Waals surface area contributed by atoms with E-state index in [-0.39, 0.29) is 5.97 Å². The Hall–Kier alpha value is -2.47. The minimum Gasteiger partial charge on any atom is -0.465 e. The first kappa shape index (κ1) is 15.1. The first-order chi connectivity index (χ1) is 11.7. The summed E-state index contributed by atoms with van der Waals surface area (Å²) in [6.45, 7) is 2.03. The first-order valence-electron chi connectivity index (χ1n) is 7.91. The summed E-state index contributed by atoms with van der Waals surface area (Å²) in [6, 6.07) is 3.57. The summed E-state index contributed by atoms with van der Waals surface area (Å²) < 4.78 is 4.70. The number of fused-ring (bicyclic) bond motifs is 1. The van der Waals surface area contributed by atoms with E-state index >= 15 is 0 Å². The molecule has 4 rings (SSSR count). The Morgan fingerprint density at radius 3 is 2.79 bits per heavy atom. The van der Waals surface area contributed by atoms with E-state index in [1.165, 1.54) is 23.4 Å². The monoisotopic (exact) mass is 339 g/mol. The summed E-state index contributed by atoms with van der Waals surface area (Å²) in [7, 11) is 1.37. The standard InChI is InChI=1S/C18H17N3O2S/c1-23-18(22)12-5-6-15(19-11-12)17-20-14-7-9-21(13-3-2-4-13)10-8-16(14)24-17/h2-6,11H,7-10H2,1H3. The van der Waals surface area contributed by atoms with Gasteiger partial charge in [-0.25, -0.2) is 9.78 Å². The number of hydrogen-bond donors (Lipinski definition) is 0. The SMILES string of the molecule is COC(=O)c1ccc(-c2nc3c(s2)CCN(C2=CC=C2)CC3)nc1. The Balaban J connectivity index is 1.52. The number of thiazole rings is 1. The van der Waals surface area contributed by atoms with Crippen molar-refractivity contribution in [2.24, 2.45) is 0 Å². The molecular formula is C18H17N3O2S. The molecule has 2 aromatic heterocycles. The number of aromatic nitrogens is 2. The van der Waals surface area contributed by atoms with Gasteiger partial charge in [-0.2, -0.15) is 0 Å². The molecule has 0 saturated heterocycles. The first-order valence-corrected chi connectivity index (χ1v) is 8.73. The van der Waals surface area contributed by atoms with Crippen LogP contribution in [0.15, 0.2) is 42.3 Å². The molecule has 6 heteroatoms. The van der Waals surface area contributed by atoms with Gasteiger partial charge in [0.05, 0.1) is 24.1 Å².